The van der Waals surface area contributed by atoms with Crippen LogP contribution in [0.4, 0.5) is 30.2 Å². The van der Waals surface area contributed by atoms with Crippen molar-refractivity contribution in [3.05, 3.63) is 90.0 Å². The highest BCUT2D eigenvalue weighted by Crippen LogP contribution is 2.32. The predicted octanol–water partition coefficient (Wildman–Crippen LogP) is 4.66. The lowest BCUT2D eigenvalue weighted by atomic mass is 10.1. The molecule has 1 unspecified atom stereocenters. The summed E-state index contributed by atoms with van der Waals surface area (Å²) in [6.45, 7) is 1.89. The number of carbonyl (C=O) groups excluding carboxylic acids is 3. The highest BCUT2D eigenvalue weighted by Gasteiger charge is 2.35. The SMILES string of the molecule is O=C(Nc1ccc(C(=O)N2CCN(c3cccc(C(F)(F)F)c3)CC2)cc1)C1CC(=O)N(c2ccccc2)C1. The van der Waals surface area contributed by atoms with Crippen molar-refractivity contribution in [3.8, 4) is 0 Å². The number of para-hydroxylation sites is 1. The van der Waals surface area contributed by atoms with E-state index in [-0.39, 0.29) is 24.1 Å². The molecule has 0 bridgehead atoms. The molecule has 3 aromatic carbocycles. The standard InChI is InChI=1S/C29H27F3N4O3/c30-29(31,32)22-5-4-8-25(18-22)34-13-15-35(16-14-34)28(39)20-9-11-23(12-10-20)33-27(38)21-17-26(37)36(19-21)24-6-2-1-3-7-24/h1-12,18,21H,13-17,19H2,(H,33,38). The van der Waals surface area contributed by atoms with Crippen LogP contribution in [0.3, 0.4) is 0 Å². The van der Waals surface area contributed by atoms with E-state index < -0.39 is 17.7 Å². The number of hydrogen-bond acceptors (Lipinski definition) is 4. The number of nitrogens with zero attached hydrogens (tertiary/aromatic N) is 3. The van der Waals surface area contributed by atoms with Gasteiger partial charge < -0.3 is 20.0 Å². The van der Waals surface area contributed by atoms with Gasteiger partial charge in [0.1, 0.15) is 0 Å². The van der Waals surface area contributed by atoms with E-state index in [1.807, 2.05) is 35.2 Å². The Labute approximate surface area is 223 Å². The Bertz CT molecular complexity index is 1350. The lowest BCUT2D eigenvalue weighted by molar-refractivity contribution is -0.137. The van der Waals surface area contributed by atoms with Crippen molar-refractivity contribution in [1.29, 1.82) is 0 Å². The maximum Gasteiger partial charge on any atom is 0.416 e. The Balaban J connectivity index is 1.14. The zero-order chi connectivity index (χ0) is 27.6. The number of rotatable bonds is 5. The van der Waals surface area contributed by atoms with Gasteiger partial charge in [-0.15, -0.1) is 0 Å². The molecule has 0 radical (unpaired) electrons. The van der Waals surface area contributed by atoms with Crippen LogP contribution in [0.1, 0.15) is 22.3 Å². The number of hydrogen-bond donors (Lipinski definition) is 1. The van der Waals surface area contributed by atoms with Crippen LogP contribution in [0.25, 0.3) is 0 Å². The molecular weight excluding hydrogens is 509 g/mol. The summed E-state index contributed by atoms with van der Waals surface area (Å²) >= 11 is 0. The number of halogens is 3. The molecule has 0 spiro atoms. The summed E-state index contributed by atoms with van der Waals surface area (Å²) in [6.07, 6.45) is -4.28. The first-order valence-corrected chi connectivity index (χ1v) is 12.7. The van der Waals surface area contributed by atoms with Crippen molar-refractivity contribution in [2.24, 2.45) is 5.92 Å². The third-order valence-corrected chi connectivity index (χ3v) is 7.07. The van der Waals surface area contributed by atoms with E-state index in [0.29, 0.717) is 49.7 Å². The topological polar surface area (TPSA) is 73.0 Å². The minimum Gasteiger partial charge on any atom is -0.368 e. The number of nitrogens with one attached hydrogen (secondary N) is 1. The average Bonchev–Trinajstić information content (AvgIpc) is 3.35. The monoisotopic (exact) mass is 536 g/mol. The normalized spacial score (nSPS) is 17.9. The van der Waals surface area contributed by atoms with Crippen LogP contribution in [-0.4, -0.2) is 55.3 Å². The highest BCUT2D eigenvalue weighted by molar-refractivity contribution is 6.03. The molecule has 2 heterocycles. The van der Waals surface area contributed by atoms with Gasteiger partial charge in [-0.2, -0.15) is 13.2 Å². The maximum absolute atomic E-state index is 13.1. The van der Waals surface area contributed by atoms with Crippen LogP contribution < -0.4 is 15.1 Å². The van der Waals surface area contributed by atoms with Gasteiger partial charge in [-0.3, -0.25) is 14.4 Å². The molecular formula is C29H27F3N4O3. The van der Waals surface area contributed by atoms with E-state index in [2.05, 4.69) is 5.32 Å². The molecule has 39 heavy (non-hydrogen) atoms. The zero-order valence-electron chi connectivity index (χ0n) is 21.0. The highest BCUT2D eigenvalue weighted by atomic mass is 19.4. The van der Waals surface area contributed by atoms with Crippen LogP contribution >= 0.6 is 0 Å². The third kappa shape index (κ3) is 5.89. The molecule has 2 aliphatic heterocycles. The number of alkyl halides is 3. The first kappa shape index (κ1) is 26.3. The summed E-state index contributed by atoms with van der Waals surface area (Å²) in [5, 5.41) is 2.83. The summed E-state index contributed by atoms with van der Waals surface area (Å²) in [5.41, 5.74) is 1.52. The molecule has 0 aromatic heterocycles. The van der Waals surface area contributed by atoms with Crippen molar-refractivity contribution >= 4 is 34.8 Å². The number of anilines is 3. The fraction of sp³-hybridized carbons (Fsp3) is 0.276. The van der Waals surface area contributed by atoms with Crippen molar-refractivity contribution in [2.75, 3.05) is 47.8 Å². The Morgan fingerprint density at radius 3 is 2.15 bits per heavy atom. The van der Waals surface area contributed by atoms with Crippen molar-refractivity contribution in [3.63, 3.8) is 0 Å². The van der Waals surface area contributed by atoms with Gasteiger partial charge >= 0.3 is 6.18 Å². The van der Waals surface area contributed by atoms with E-state index in [4.69, 9.17) is 0 Å². The Kier molecular flexibility index (Phi) is 7.28. The molecule has 3 aromatic rings. The van der Waals surface area contributed by atoms with Crippen molar-refractivity contribution < 1.29 is 27.6 Å². The number of carbonyl (C=O) groups is 3. The van der Waals surface area contributed by atoms with Gasteiger partial charge in [0, 0.05) is 61.8 Å². The maximum atomic E-state index is 13.1. The van der Waals surface area contributed by atoms with E-state index in [1.165, 1.54) is 6.07 Å². The molecule has 2 fully saturated rings. The van der Waals surface area contributed by atoms with Crippen LogP contribution in [0.2, 0.25) is 0 Å². The molecule has 2 aliphatic rings. The second-order valence-corrected chi connectivity index (χ2v) is 9.63. The second-order valence-electron chi connectivity index (χ2n) is 9.63. The Hall–Kier alpha value is -4.34. The molecule has 0 saturated carbocycles. The zero-order valence-corrected chi connectivity index (χ0v) is 21.0. The minimum atomic E-state index is -4.41. The second kappa shape index (κ2) is 10.8. The van der Waals surface area contributed by atoms with Crippen LogP contribution in [0, 0.1) is 5.92 Å². The Morgan fingerprint density at radius 1 is 0.821 bits per heavy atom. The van der Waals surface area contributed by atoms with Crippen LogP contribution in [-0.2, 0) is 15.8 Å². The smallest absolute Gasteiger partial charge is 0.368 e. The molecule has 5 rings (SSSR count). The molecule has 1 atom stereocenters. The van der Waals surface area contributed by atoms with E-state index >= 15 is 0 Å². The third-order valence-electron chi connectivity index (χ3n) is 7.07. The molecule has 0 aliphatic carbocycles. The summed E-state index contributed by atoms with van der Waals surface area (Å²) < 4.78 is 39.2. The average molecular weight is 537 g/mol. The van der Waals surface area contributed by atoms with Gasteiger partial charge in [0.05, 0.1) is 11.5 Å². The summed E-state index contributed by atoms with van der Waals surface area (Å²) in [4.78, 5) is 43.3. The fourth-order valence-corrected chi connectivity index (χ4v) is 4.91. The number of benzene rings is 3. The molecule has 7 nitrogen and oxygen atoms in total. The van der Waals surface area contributed by atoms with Gasteiger partial charge in [-0.25, -0.2) is 0 Å². The molecule has 1 N–H and O–H groups in total. The van der Waals surface area contributed by atoms with E-state index in [9.17, 15) is 27.6 Å². The van der Waals surface area contributed by atoms with Gasteiger partial charge in [-0.05, 0) is 54.6 Å². The predicted molar refractivity (Wildman–Crippen MR) is 142 cm³/mol. The van der Waals surface area contributed by atoms with E-state index in [0.717, 1.165) is 17.8 Å². The lowest BCUT2D eigenvalue weighted by Gasteiger charge is -2.36. The largest absolute Gasteiger partial charge is 0.416 e. The van der Waals surface area contributed by atoms with Gasteiger partial charge in [0.2, 0.25) is 11.8 Å². The first-order valence-electron chi connectivity index (χ1n) is 12.7. The quantitative estimate of drug-likeness (QED) is 0.515. The molecule has 3 amide bonds. The van der Waals surface area contributed by atoms with Crippen LogP contribution in [0.15, 0.2) is 78.9 Å². The van der Waals surface area contributed by atoms with Gasteiger partial charge in [-0.1, -0.05) is 24.3 Å². The number of piperazine rings is 1. The number of amides is 3. The fourth-order valence-electron chi connectivity index (χ4n) is 4.91. The Morgan fingerprint density at radius 2 is 1.49 bits per heavy atom. The van der Waals surface area contributed by atoms with Crippen LogP contribution in [0.5, 0.6) is 0 Å². The van der Waals surface area contributed by atoms with Crippen molar-refractivity contribution in [2.45, 2.75) is 12.6 Å². The summed E-state index contributed by atoms with van der Waals surface area (Å²) in [6, 6.07) is 21.0. The van der Waals surface area contributed by atoms with Crippen molar-refractivity contribution in [1.82, 2.24) is 4.90 Å². The molecule has 10 heteroatoms. The van der Waals surface area contributed by atoms with Gasteiger partial charge in [0.25, 0.3) is 5.91 Å². The van der Waals surface area contributed by atoms with E-state index in [1.54, 1.807) is 40.1 Å². The lowest BCUT2D eigenvalue weighted by Crippen LogP contribution is -2.48. The first-order chi connectivity index (χ1) is 18.7. The molecule has 2 saturated heterocycles. The summed E-state index contributed by atoms with van der Waals surface area (Å²) in [5.74, 6) is -1.02. The molecule has 202 valence electrons. The summed E-state index contributed by atoms with van der Waals surface area (Å²) in [7, 11) is 0. The minimum absolute atomic E-state index is 0.101. The van der Waals surface area contributed by atoms with Gasteiger partial charge in [0.15, 0.2) is 0 Å².